The van der Waals surface area contributed by atoms with Crippen LogP contribution in [0.1, 0.15) is 12.8 Å². The molecule has 0 radical (unpaired) electrons. The van der Waals surface area contributed by atoms with Crippen LogP contribution in [0.4, 0.5) is 0 Å². The van der Waals surface area contributed by atoms with Crippen molar-refractivity contribution in [3.63, 3.8) is 0 Å². The molecular formula is C19H27N3O3S2. The summed E-state index contributed by atoms with van der Waals surface area (Å²) in [6, 6.07) is 10.1. The van der Waals surface area contributed by atoms with E-state index in [-0.39, 0.29) is 6.61 Å². The first-order valence-electron chi connectivity index (χ1n) is 9.64. The summed E-state index contributed by atoms with van der Waals surface area (Å²) in [5.74, 6) is 0. The van der Waals surface area contributed by atoms with Crippen LogP contribution in [0.2, 0.25) is 0 Å². The van der Waals surface area contributed by atoms with Gasteiger partial charge in [-0.2, -0.15) is 4.31 Å². The Morgan fingerprint density at radius 1 is 1.04 bits per heavy atom. The fourth-order valence-corrected chi connectivity index (χ4v) is 7.18. The number of fused-ring (bicyclic) bond motifs is 1. The second kappa shape index (κ2) is 8.14. The van der Waals surface area contributed by atoms with Crippen molar-refractivity contribution in [1.82, 2.24) is 14.1 Å². The fraction of sp³-hybridized carbons (Fsp3) is 0.579. The normalized spacial score (nSPS) is 21.8. The number of hydrogen-bond acceptors (Lipinski definition) is 6. The third-order valence-electron chi connectivity index (χ3n) is 5.76. The average Bonchev–Trinajstić information content (AvgIpc) is 3.14. The molecule has 148 valence electrons. The molecule has 2 saturated heterocycles. The van der Waals surface area contributed by atoms with Gasteiger partial charge in [0.2, 0.25) is 0 Å². The van der Waals surface area contributed by atoms with Gasteiger partial charge in [0.1, 0.15) is 4.21 Å². The molecule has 0 unspecified atom stereocenters. The van der Waals surface area contributed by atoms with Gasteiger partial charge in [-0.05, 0) is 30.4 Å². The van der Waals surface area contributed by atoms with Gasteiger partial charge in [0.25, 0.3) is 10.0 Å². The van der Waals surface area contributed by atoms with Crippen molar-refractivity contribution in [2.45, 2.75) is 23.1 Å². The van der Waals surface area contributed by atoms with E-state index in [1.54, 1.807) is 4.31 Å². The van der Waals surface area contributed by atoms with E-state index >= 15 is 0 Å². The Morgan fingerprint density at radius 2 is 1.74 bits per heavy atom. The van der Waals surface area contributed by atoms with Crippen LogP contribution in [0.5, 0.6) is 0 Å². The molecule has 1 aromatic carbocycles. The molecule has 2 aliphatic heterocycles. The number of β-amino-alcohol motifs (C(OH)–C–C–N with tert-alkyl or cyclic N) is 1. The Balaban J connectivity index is 1.37. The number of aliphatic hydroxyl groups excluding tert-OH is 1. The van der Waals surface area contributed by atoms with E-state index in [2.05, 4.69) is 9.80 Å². The Morgan fingerprint density at radius 3 is 2.41 bits per heavy atom. The zero-order valence-corrected chi connectivity index (χ0v) is 17.1. The quantitative estimate of drug-likeness (QED) is 0.814. The first-order valence-corrected chi connectivity index (χ1v) is 11.9. The molecule has 1 aromatic heterocycles. The number of piperazine rings is 1. The summed E-state index contributed by atoms with van der Waals surface area (Å²) in [4.78, 5) is 4.79. The Bertz CT molecular complexity index is 834. The van der Waals surface area contributed by atoms with Gasteiger partial charge < -0.3 is 5.11 Å². The lowest BCUT2D eigenvalue weighted by atomic mass is 10.0. The Labute approximate surface area is 165 Å². The van der Waals surface area contributed by atoms with Gasteiger partial charge >= 0.3 is 0 Å². The SMILES string of the molecule is O=S(=O)(c1cc2ccccc2s1)N1CCC(N2CCN(CCO)CC2)CC1. The predicted molar refractivity (Wildman–Crippen MR) is 109 cm³/mol. The average molecular weight is 410 g/mol. The first-order chi connectivity index (χ1) is 13.1. The highest BCUT2D eigenvalue weighted by molar-refractivity contribution is 7.91. The molecular weight excluding hydrogens is 382 g/mol. The van der Waals surface area contributed by atoms with Crippen LogP contribution < -0.4 is 0 Å². The molecule has 2 aliphatic rings. The molecule has 2 fully saturated rings. The minimum absolute atomic E-state index is 0.216. The number of rotatable bonds is 5. The molecule has 6 nitrogen and oxygen atoms in total. The van der Waals surface area contributed by atoms with E-state index in [4.69, 9.17) is 5.11 Å². The van der Waals surface area contributed by atoms with Crippen molar-refractivity contribution in [2.75, 3.05) is 52.4 Å². The maximum absolute atomic E-state index is 13.0. The number of hydrogen-bond donors (Lipinski definition) is 1. The van der Waals surface area contributed by atoms with Gasteiger partial charge in [-0.1, -0.05) is 18.2 Å². The predicted octanol–water partition coefficient (Wildman–Crippen LogP) is 1.66. The lowest BCUT2D eigenvalue weighted by Gasteiger charge is -2.42. The van der Waals surface area contributed by atoms with Crippen LogP contribution in [-0.4, -0.2) is 86.1 Å². The number of aliphatic hydroxyl groups is 1. The van der Waals surface area contributed by atoms with Crippen LogP contribution in [-0.2, 0) is 10.0 Å². The molecule has 3 heterocycles. The molecule has 0 saturated carbocycles. The molecule has 0 bridgehead atoms. The number of thiophene rings is 1. The summed E-state index contributed by atoms with van der Waals surface area (Å²) >= 11 is 1.37. The topological polar surface area (TPSA) is 64.1 Å². The van der Waals surface area contributed by atoms with Crippen molar-refractivity contribution in [2.24, 2.45) is 0 Å². The van der Waals surface area contributed by atoms with Crippen molar-refractivity contribution in [1.29, 1.82) is 0 Å². The zero-order chi connectivity index (χ0) is 18.9. The maximum Gasteiger partial charge on any atom is 0.252 e. The Kier molecular flexibility index (Phi) is 5.82. The number of benzene rings is 1. The summed E-state index contributed by atoms with van der Waals surface area (Å²) in [6.07, 6.45) is 1.79. The molecule has 0 amide bonds. The van der Waals surface area contributed by atoms with Gasteiger partial charge in [0.05, 0.1) is 6.61 Å². The highest BCUT2D eigenvalue weighted by Gasteiger charge is 2.33. The third kappa shape index (κ3) is 4.06. The van der Waals surface area contributed by atoms with E-state index < -0.39 is 10.0 Å². The smallest absolute Gasteiger partial charge is 0.252 e. The zero-order valence-electron chi connectivity index (χ0n) is 15.5. The van der Waals surface area contributed by atoms with Gasteiger partial charge in [-0.25, -0.2) is 8.42 Å². The molecule has 2 aromatic rings. The summed E-state index contributed by atoms with van der Waals surface area (Å²) in [5, 5.41) is 10.1. The summed E-state index contributed by atoms with van der Waals surface area (Å²) in [6.45, 7) is 6.15. The maximum atomic E-state index is 13.0. The highest BCUT2D eigenvalue weighted by atomic mass is 32.2. The van der Waals surface area contributed by atoms with E-state index in [0.717, 1.165) is 55.7 Å². The van der Waals surface area contributed by atoms with Crippen molar-refractivity contribution in [3.8, 4) is 0 Å². The molecule has 27 heavy (non-hydrogen) atoms. The second-order valence-electron chi connectivity index (χ2n) is 7.34. The van der Waals surface area contributed by atoms with E-state index in [1.165, 1.54) is 11.3 Å². The van der Waals surface area contributed by atoms with Crippen LogP contribution >= 0.6 is 11.3 Å². The summed E-state index contributed by atoms with van der Waals surface area (Å²) in [7, 11) is -3.40. The Hall–Kier alpha value is -1.03. The van der Waals surface area contributed by atoms with Gasteiger partial charge in [-0.3, -0.25) is 9.80 Å². The molecule has 0 atom stereocenters. The largest absolute Gasteiger partial charge is 0.395 e. The highest BCUT2D eigenvalue weighted by Crippen LogP contribution is 2.32. The van der Waals surface area contributed by atoms with Crippen LogP contribution in [0, 0.1) is 0 Å². The monoisotopic (exact) mass is 409 g/mol. The molecule has 1 N–H and O–H groups in total. The number of sulfonamides is 1. The number of nitrogens with zero attached hydrogens (tertiary/aromatic N) is 3. The fourth-order valence-electron chi connectivity index (χ4n) is 4.15. The van der Waals surface area contributed by atoms with Crippen LogP contribution in [0.15, 0.2) is 34.5 Å². The molecule has 0 spiro atoms. The van der Waals surface area contributed by atoms with Gasteiger partial charge in [0.15, 0.2) is 0 Å². The summed E-state index contributed by atoms with van der Waals surface area (Å²) in [5.41, 5.74) is 0. The van der Waals surface area contributed by atoms with E-state index in [1.807, 2.05) is 30.3 Å². The third-order valence-corrected chi connectivity index (χ3v) is 9.22. The van der Waals surface area contributed by atoms with Crippen LogP contribution in [0.3, 0.4) is 0 Å². The lowest BCUT2D eigenvalue weighted by molar-refractivity contribution is 0.0645. The van der Waals surface area contributed by atoms with E-state index in [9.17, 15) is 8.42 Å². The van der Waals surface area contributed by atoms with Crippen molar-refractivity contribution >= 4 is 31.4 Å². The lowest BCUT2D eigenvalue weighted by Crippen LogP contribution is -2.54. The second-order valence-corrected chi connectivity index (χ2v) is 10.6. The van der Waals surface area contributed by atoms with Gasteiger partial charge in [0, 0.05) is 56.6 Å². The first kappa shape index (κ1) is 19.3. The van der Waals surface area contributed by atoms with Crippen molar-refractivity contribution in [3.05, 3.63) is 30.3 Å². The van der Waals surface area contributed by atoms with Crippen molar-refractivity contribution < 1.29 is 13.5 Å². The minimum atomic E-state index is -3.40. The molecule has 0 aliphatic carbocycles. The minimum Gasteiger partial charge on any atom is -0.395 e. The molecule has 8 heteroatoms. The standard InChI is InChI=1S/C19H27N3O3S2/c23-14-13-20-9-11-21(12-10-20)17-5-7-22(8-6-17)27(24,25)19-15-16-3-1-2-4-18(16)26-19/h1-4,15,17,23H,5-14H2. The summed E-state index contributed by atoms with van der Waals surface area (Å²) < 4.78 is 29.2. The van der Waals surface area contributed by atoms with Crippen LogP contribution in [0.25, 0.3) is 10.1 Å². The molecule has 4 rings (SSSR count). The van der Waals surface area contributed by atoms with Gasteiger partial charge in [-0.15, -0.1) is 11.3 Å². The number of piperidine rings is 1. The van der Waals surface area contributed by atoms with E-state index in [0.29, 0.717) is 23.3 Å².